The molecule has 1 unspecified atom stereocenters. The van der Waals surface area contributed by atoms with Crippen LogP contribution in [0.1, 0.15) is 46.0 Å². The van der Waals surface area contributed by atoms with Gasteiger partial charge in [0.1, 0.15) is 0 Å². The van der Waals surface area contributed by atoms with Crippen LogP contribution in [0, 0.1) is 5.92 Å². The molecule has 0 radical (unpaired) electrons. The summed E-state index contributed by atoms with van der Waals surface area (Å²) in [5.74, 6) is 0.0970. The standard InChI is InChI=1S/C13H27N3O2.ClH/c1-3-5-7-11(6-4-2)9-15-13(18)10-16-12(17)8-14;/h11H,3-10,14H2,1-2H3,(H,15,18)(H,16,17);1H. The van der Waals surface area contributed by atoms with Gasteiger partial charge in [-0.25, -0.2) is 0 Å². The van der Waals surface area contributed by atoms with Crippen molar-refractivity contribution in [2.24, 2.45) is 11.7 Å². The summed E-state index contributed by atoms with van der Waals surface area (Å²) in [4.78, 5) is 22.4. The average molecular weight is 294 g/mol. The van der Waals surface area contributed by atoms with Gasteiger partial charge in [-0.2, -0.15) is 0 Å². The smallest absolute Gasteiger partial charge is 0.239 e. The van der Waals surface area contributed by atoms with Crippen LogP contribution < -0.4 is 16.4 Å². The maximum Gasteiger partial charge on any atom is 0.239 e. The first kappa shape index (κ1) is 20.5. The molecule has 0 aliphatic heterocycles. The molecule has 1 atom stereocenters. The Labute approximate surface area is 122 Å². The Morgan fingerprint density at radius 3 is 2.26 bits per heavy atom. The maximum atomic E-state index is 11.5. The molecule has 0 saturated heterocycles. The van der Waals surface area contributed by atoms with E-state index in [1.165, 1.54) is 12.8 Å². The van der Waals surface area contributed by atoms with Gasteiger partial charge in [-0.1, -0.05) is 33.1 Å². The van der Waals surface area contributed by atoms with Gasteiger partial charge in [-0.3, -0.25) is 9.59 Å². The van der Waals surface area contributed by atoms with Gasteiger partial charge in [-0.05, 0) is 18.8 Å². The first-order valence-electron chi connectivity index (χ1n) is 6.87. The second-order valence-electron chi connectivity index (χ2n) is 4.58. The SMILES string of the molecule is CCCCC(CCC)CNC(=O)CNC(=O)CN.Cl. The van der Waals surface area contributed by atoms with Crippen LogP contribution in [-0.2, 0) is 9.59 Å². The monoisotopic (exact) mass is 293 g/mol. The molecule has 0 spiro atoms. The van der Waals surface area contributed by atoms with Crippen LogP contribution in [0.2, 0.25) is 0 Å². The van der Waals surface area contributed by atoms with E-state index in [0.29, 0.717) is 12.5 Å². The van der Waals surface area contributed by atoms with Crippen molar-refractivity contribution in [3.05, 3.63) is 0 Å². The summed E-state index contributed by atoms with van der Waals surface area (Å²) in [6.45, 7) is 4.96. The van der Waals surface area contributed by atoms with Crippen LogP contribution in [0.5, 0.6) is 0 Å². The summed E-state index contributed by atoms with van der Waals surface area (Å²) in [5, 5.41) is 5.32. The van der Waals surface area contributed by atoms with E-state index in [2.05, 4.69) is 24.5 Å². The molecule has 0 aliphatic rings. The van der Waals surface area contributed by atoms with Crippen LogP contribution in [0.25, 0.3) is 0 Å². The summed E-state index contributed by atoms with van der Waals surface area (Å²) < 4.78 is 0. The molecule has 0 aliphatic carbocycles. The third-order valence-corrected chi connectivity index (χ3v) is 2.88. The van der Waals surface area contributed by atoms with Crippen molar-refractivity contribution >= 4 is 24.2 Å². The minimum absolute atomic E-state index is 0. The number of hydrogen-bond donors (Lipinski definition) is 3. The van der Waals surface area contributed by atoms with E-state index >= 15 is 0 Å². The molecule has 4 N–H and O–H groups in total. The molecule has 0 rings (SSSR count). The van der Waals surface area contributed by atoms with Crippen LogP contribution >= 0.6 is 12.4 Å². The highest BCUT2D eigenvalue weighted by atomic mass is 35.5. The summed E-state index contributed by atoms with van der Waals surface area (Å²) in [7, 11) is 0. The van der Waals surface area contributed by atoms with Crippen LogP contribution in [0.3, 0.4) is 0 Å². The molecule has 19 heavy (non-hydrogen) atoms. The zero-order chi connectivity index (χ0) is 13.8. The number of unbranched alkanes of at least 4 members (excludes halogenated alkanes) is 1. The van der Waals surface area contributed by atoms with Gasteiger partial charge in [0.05, 0.1) is 13.1 Å². The van der Waals surface area contributed by atoms with Crippen molar-refractivity contribution in [2.45, 2.75) is 46.0 Å². The van der Waals surface area contributed by atoms with Crippen molar-refractivity contribution < 1.29 is 9.59 Å². The highest BCUT2D eigenvalue weighted by Crippen LogP contribution is 2.13. The molecule has 0 fully saturated rings. The highest BCUT2D eigenvalue weighted by Gasteiger charge is 2.09. The summed E-state index contributed by atoms with van der Waals surface area (Å²) >= 11 is 0. The third-order valence-electron chi connectivity index (χ3n) is 2.88. The number of rotatable bonds is 10. The normalized spacial score (nSPS) is 11.3. The van der Waals surface area contributed by atoms with E-state index in [9.17, 15) is 9.59 Å². The fourth-order valence-corrected chi connectivity index (χ4v) is 1.82. The van der Waals surface area contributed by atoms with Gasteiger partial charge in [0.2, 0.25) is 11.8 Å². The number of nitrogens with two attached hydrogens (primary N) is 1. The van der Waals surface area contributed by atoms with E-state index < -0.39 is 0 Å². The Balaban J connectivity index is 0. The predicted octanol–water partition coefficient (Wildman–Crippen LogP) is 1.21. The van der Waals surface area contributed by atoms with Crippen molar-refractivity contribution in [1.29, 1.82) is 0 Å². The van der Waals surface area contributed by atoms with Gasteiger partial charge >= 0.3 is 0 Å². The molecule has 0 bridgehead atoms. The molecule has 0 heterocycles. The largest absolute Gasteiger partial charge is 0.354 e. The number of nitrogens with one attached hydrogen (secondary N) is 2. The van der Waals surface area contributed by atoms with Gasteiger partial charge in [0, 0.05) is 6.54 Å². The zero-order valence-corrected chi connectivity index (χ0v) is 12.9. The number of hydrogen-bond acceptors (Lipinski definition) is 3. The Morgan fingerprint density at radius 1 is 1.05 bits per heavy atom. The minimum Gasteiger partial charge on any atom is -0.354 e. The Kier molecular flexibility index (Phi) is 14.7. The molecule has 0 saturated carbocycles. The predicted molar refractivity (Wildman–Crippen MR) is 80.2 cm³/mol. The van der Waals surface area contributed by atoms with Crippen LogP contribution in [0.15, 0.2) is 0 Å². The van der Waals surface area contributed by atoms with Gasteiger partial charge in [0.25, 0.3) is 0 Å². The van der Waals surface area contributed by atoms with Crippen LogP contribution in [-0.4, -0.2) is 31.4 Å². The first-order chi connectivity index (χ1) is 8.63. The van der Waals surface area contributed by atoms with Crippen molar-refractivity contribution in [3.63, 3.8) is 0 Å². The number of carbonyl (C=O) groups is 2. The molecule has 0 aromatic heterocycles. The Morgan fingerprint density at radius 2 is 1.74 bits per heavy atom. The molecular formula is C13H28ClN3O2. The molecule has 114 valence electrons. The summed E-state index contributed by atoms with van der Waals surface area (Å²) in [6.07, 6.45) is 5.80. The average Bonchev–Trinajstić information content (AvgIpc) is 2.39. The second kappa shape index (κ2) is 13.6. The van der Waals surface area contributed by atoms with E-state index in [0.717, 1.165) is 19.3 Å². The Hall–Kier alpha value is -0.810. The lowest BCUT2D eigenvalue weighted by atomic mass is 9.97. The summed E-state index contributed by atoms with van der Waals surface area (Å²) in [6, 6.07) is 0. The lowest BCUT2D eigenvalue weighted by Crippen LogP contribution is -2.40. The van der Waals surface area contributed by atoms with Gasteiger partial charge in [0.15, 0.2) is 0 Å². The van der Waals surface area contributed by atoms with Gasteiger partial charge < -0.3 is 16.4 Å². The van der Waals surface area contributed by atoms with Crippen LogP contribution in [0.4, 0.5) is 0 Å². The number of carbonyl (C=O) groups excluding carboxylic acids is 2. The Bertz CT molecular complexity index is 250. The lowest BCUT2D eigenvalue weighted by Gasteiger charge is -2.16. The number of halogens is 1. The highest BCUT2D eigenvalue weighted by molar-refractivity contribution is 5.85. The van der Waals surface area contributed by atoms with Gasteiger partial charge in [-0.15, -0.1) is 12.4 Å². The first-order valence-corrected chi connectivity index (χ1v) is 6.87. The molecule has 5 nitrogen and oxygen atoms in total. The summed E-state index contributed by atoms with van der Waals surface area (Å²) in [5.41, 5.74) is 5.13. The van der Waals surface area contributed by atoms with E-state index in [1.807, 2.05) is 0 Å². The molecular weight excluding hydrogens is 266 g/mol. The maximum absolute atomic E-state index is 11.5. The molecule has 6 heteroatoms. The molecule has 2 amide bonds. The fraction of sp³-hybridized carbons (Fsp3) is 0.846. The minimum atomic E-state index is -0.304. The van der Waals surface area contributed by atoms with E-state index in [1.54, 1.807) is 0 Å². The second-order valence-corrected chi connectivity index (χ2v) is 4.58. The van der Waals surface area contributed by atoms with E-state index in [-0.39, 0.29) is 37.3 Å². The topological polar surface area (TPSA) is 84.2 Å². The lowest BCUT2D eigenvalue weighted by molar-refractivity contribution is -0.125. The zero-order valence-electron chi connectivity index (χ0n) is 12.0. The number of amides is 2. The fourth-order valence-electron chi connectivity index (χ4n) is 1.82. The van der Waals surface area contributed by atoms with E-state index in [4.69, 9.17) is 5.73 Å². The van der Waals surface area contributed by atoms with Crippen molar-refractivity contribution in [2.75, 3.05) is 19.6 Å². The molecule has 0 aromatic rings. The third kappa shape index (κ3) is 12.0. The quantitative estimate of drug-likeness (QED) is 0.566. The van der Waals surface area contributed by atoms with Crippen molar-refractivity contribution in [3.8, 4) is 0 Å². The van der Waals surface area contributed by atoms with Crippen molar-refractivity contribution in [1.82, 2.24) is 10.6 Å². The molecule has 0 aromatic carbocycles.